The lowest BCUT2D eigenvalue weighted by molar-refractivity contribution is -0.138. The molecule has 0 saturated carbocycles. The minimum atomic E-state index is -4.41. The number of carboxylic acid groups (broad SMARTS) is 1. The molecule has 0 aliphatic rings. The Labute approximate surface area is 163 Å². The van der Waals surface area contributed by atoms with E-state index in [1.54, 1.807) is 24.3 Å². The lowest BCUT2D eigenvalue weighted by atomic mass is 9.98. The number of aliphatic carboxylic acids is 1. The molecule has 0 saturated heterocycles. The van der Waals surface area contributed by atoms with Crippen LogP contribution < -0.4 is 4.74 Å². The van der Waals surface area contributed by atoms with Gasteiger partial charge in [-0.3, -0.25) is 4.79 Å². The monoisotopic (exact) mass is 406 g/mol. The van der Waals surface area contributed by atoms with Crippen LogP contribution in [0.25, 0.3) is 11.5 Å². The summed E-state index contributed by atoms with van der Waals surface area (Å²) in [4.78, 5) is 14.9. The van der Waals surface area contributed by atoms with Crippen molar-refractivity contribution in [3.63, 3.8) is 0 Å². The van der Waals surface area contributed by atoms with Gasteiger partial charge in [-0.05, 0) is 47.9 Å². The predicted octanol–water partition coefficient (Wildman–Crippen LogP) is 4.91. The number of hydrogen-bond donors (Lipinski definition) is 1. The second-order valence-electron chi connectivity index (χ2n) is 6.45. The molecule has 1 atom stereocenters. The average molecular weight is 406 g/mol. The summed E-state index contributed by atoms with van der Waals surface area (Å²) in [5, 5.41) is 12.6. The van der Waals surface area contributed by atoms with Gasteiger partial charge in [0.05, 0.1) is 12.0 Å². The van der Waals surface area contributed by atoms with E-state index in [2.05, 4.69) is 10.1 Å². The lowest BCUT2D eigenvalue weighted by Crippen LogP contribution is -2.04. The number of alkyl halides is 3. The van der Waals surface area contributed by atoms with E-state index in [1.165, 1.54) is 12.1 Å². The van der Waals surface area contributed by atoms with Crippen LogP contribution in [0.3, 0.4) is 0 Å². The summed E-state index contributed by atoms with van der Waals surface area (Å²) >= 11 is 0. The Bertz CT molecular complexity index is 967. The largest absolute Gasteiger partial charge is 0.485 e. The van der Waals surface area contributed by atoms with E-state index in [1.807, 2.05) is 6.92 Å². The number of carboxylic acids is 1. The summed E-state index contributed by atoms with van der Waals surface area (Å²) in [6, 6.07) is 11.4. The van der Waals surface area contributed by atoms with E-state index < -0.39 is 17.7 Å². The Morgan fingerprint density at radius 1 is 1.14 bits per heavy atom. The maximum absolute atomic E-state index is 12.6. The zero-order chi connectivity index (χ0) is 21.0. The van der Waals surface area contributed by atoms with Gasteiger partial charge in [0.25, 0.3) is 5.89 Å². The SMILES string of the molecule is CC(CC(=O)O)c1ccc(OCc2noc(-c3ccc(C(F)(F)F)cc3)n2)cc1. The molecule has 0 radical (unpaired) electrons. The van der Waals surface area contributed by atoms with E-state index in [-0.39, 0.29) is 30.7 Å². The van der Waals surface area contributed by atoms with Crippen LogP contribution in [0.15, 0.2) is 53.1 Å². The highest BCUT2D eigenvalue weighted by Gasteiger charge is 2.30. The number of benzene rings is 2. The van der Waals surface area contributed by atoms with Gasteiger partial charge in [-0.1, -0.05) is 24.2 Å². The van der Waals surface area contributed by atoms with Crippen molar-refractivity contribution < 1.29 is 32.3 Å². The number of rotatable bonds is 7. The summed E-state index contributed by atoms with van der Waals surface area (Å²) in [5.41, 5.74) is 0.489. The highest BCUT2D eigenvalue weighted by atomic mass is 19.4. The van der Waals surface area contributed by atoms with Crippen LogP contribution in [0.5, 0.6) is 5.75 Å². The maximum atomic E-state index is 12.6. The highest BCUT2D eigenvalue weighted by Crippen LogP contribution is 2.30. The molecule has 0 bridgehead atoms. The van der Waals surface area contributed by atoms with Crippen LogP contribution in [-0.4, -0.2) is 21.2 Å². The summed E-state index contributed by atoms with van der Waals surface area (Å²) in [5.74, 6) is -0.112. The van der Waals surface area contributed by atoms with Crippen molar-refractivity contribution in [1.29, 1.82) is 0 Å². The number of halogens is 3. The first-order chi connectivity index (χ1) is 13.7. The first-order valence-electron chi connectivity index (χ1n) is 8.67. The van der Waals surface area contributed by atoms with E-state index in [0.29, 0.717) is 11.3 Å². The van der Waals surface area contributed by atoms with Gasteiger partial charge in [0, 0.05) is 5.56 Å². The van der Waals surface area contributed by atoms with Gasteiger partial charge >= 0.3 is 12.1 Å². The van der Waals surface area contributed by atoms with Crippen molar-refractivity contribution >= 4 is 5.97 Å². The fraction of sp³-hybridized carbons (Fsp3) is 0.250. The standard InChI is InChI=1S/C20H17F3N2O4/c1-12(10-18(26)27)13-4-8-16(9-5-13)28-11-17-24-19(29-25-17)14-2-6-15(7-3-14)20(21,22)23/h2-9,12H,10-11H2,1H3,(H,26,27). The Hall–Kier alpha value is -3.36. The van der Waals surface area contributed by atoms with Crippen LogP contribution in [0.1, 0.15) is 36.2 Å². The second-order valence-corrected chi connectivity index (χ2v) is 6.45. The molecule has 29 heavy (non-hydrogen) atoms. The Kier molecular flexibility index (Phi) is 5.86. The molecule has 3 aromatic rings. The third-order valence-electron chi connectivity index (χ3n) is 4.23. The second kappa shape index (κ2) is 8.34. The van der Waals surface area contributed by atoms with Crippen LogP contribution in [0, 0.1) is 0 Å². The van der Waals surface area contributed by atoms with Gasteiger partial charge in [-0.15, -0.1) is 0 Å². The molecule has 0 aliphatic carbocycles. The normalized spacial score (nSPS) is 12.6. The molecule has 1 heterocycles. The van der Waals surface area contributed by atoms with Crippen molar-refractivity contribution in [3.8, 4) is 17.2 Å². The predicted molar refractivity (Wildman–Crippen MR) is 96.2 cm³/mol. The molecular weight excluding hydrogens is 389 g/mol. The number of ether oxygens (including phenoxy) is 1. The van der Waals surface area contributed by atoms with Gasteiger partial charge in [0.15, 0.2) is 6.61 Å². The van der Waals surface area contributed by atoms with Crippen LogP contribution in [-0.2, 0) is 17.6 Å². The lowest BCUT2D eigenvalue weighted by Gasteiger charge is -2.10. The quantitative estimate of drug-likeness (QED) is 0.600. The minimum absolute atomic E-state index is 0.00810. The van der Waals surface area contributed by atoms with Crippen molar-refractivity contribution in [1.82, 2.24) is 10.1 Å². The molecule has 2 aromatic carbocycles. The maximum Gasteiger partial charge on any atom is 0.416 e. The summed E-state index contributed by atoms with van der Waals surface area (Å²) in [6.45, 7) is 1.83. The van der Waals surface area contributed by atoms with E-state index in [4.69, 9.17) is 14.4 Å². The van der Waals surface area contributed by atoms with E-state index >= 15 is 0 Å². The summed E-state index contributed by atoms with van der Waals surface area (Å²) in [6.07, 6.45) is -4.37. The zero-order valence-electron chi connectivity index (χ0n) is 15.3. The highest BCUT2D eigenvalue weighted by molar-refractivity contribution is 5.68. The van der Waals surface area contributed by atoms with Gasteiger partial charge < -0.3 is 14.4 Å². The van der Waals surface area contributed by atoms with Crippen LogP contribution in [0.2, 0.25) is 0 Å². The van der Waals surface area contributed by atoms with E-state index in [9.17, 15) is 18.0 Å². The number of hydrogen-bond acceptors (Lipinski definition) is 5. The molecule has 0 fully saturated rings. The van der Waals surface area contributed by atoms with Gasteiger partial charge in [-0.25, -0.2) is 0 Å². The van der Waals surface area contributed by atoms with Gasteiger partial charge in [0.2, 0.25) is 5.82 Å². The fourth-order valence-electron chi connectivity index (χ4n) is 2.65. The van der Waals surface area contributed by atoms with Crippen LogP contribution >= 0.6 is 0 Å². The number of carbonyl (C=O) groups is 1. The number of aromatic nitrogens is 2. The molecule has 152 valence electrons. The molecule has 0 spiro atoms. The molecule has 6 nitrogen and oxygen atoms in total. The topological polar surface area (TPSA) is 85.5 Å². The zero-order valence-corrected chi connectivity index (χ0v) is 15.3. The summed E-state index contributed by atoms with van der Waals surface area (Å²) < 4.78 is 48.5. The number of nitrogens with zero attached hydrogens (tertiary/aromatic N) is 2. The Morgan fingerprint density at radius 3 is 2.38 bits per heavy atom. The first kappa shape index (κ1) is 20.4. The van der Waals surface area contributed by atoms with Gasteiger partial charge in [-0.2, -0.15) is 18.2 Å². The van der Waals surface area contributed by atoms with Gasteiger partial charge in [0.1, 0.15) is 5.75 Å². The third-order valence-corrected chi connectivity index (χ3v) is 4.23. The molecule has 1 unspecified atom stereocenters. The van der Waals surface area contributed by atoms with E-state index in [0.717, 1.165) is 17.7 Å². The molecule has 0 amide bonds. The first-order valence-corrected chi connectivity index (χ1v) is 8.67. The molecule has 9 heteroatoms. The molecule has 1 aromatic heterocycles. The molecular formula is C20H17F3N2O4. The third kappa shape index (κ3) is 5.34. The van der Waals surface area contributed by atoms with Crippen molar-refractivity contribution in [2.45, 2.75) is 32.0 Å². The Morgan fingerprint density at radius 2 is 1.79 bits per heavy atom. The summed E-state index contributed by atoms with van der Waals surface area (Å²) in [7, 11) is 0. The smallest absolute Gasteiger partial charge is 0.416 e. The Balaban J connectivity index is 1.60. The average Bonchev–Trinajstić information content (AvgIpc) is 3.15. The van der Waals surface area contributed by atoms with Crippen molar-refractivity contribution in [3.05, 3.63) is 65.5 Å². The molecule has 0 aliphatic heterocycles. The fourth-order valence-corrected chi connectivity index (χ4v) is 2.65. The van der Waals surface area contributed by atoms with Crippen molar-refractivity contribution in [2.75, 3.05) is 0 Å². The minimum Gasteiger partial charge on any atom is -0.485 e. The molecule has 3 rings (SSSR count). The molecule has 1 N–H and O–H groups in total. The van der Waals surface area contributed by atoms with Crippen LogP contribution in [0.4, 0.5) is 13.2 Å². The van der Waals surface area contributed by atoms with Crippen molar-refractivity contribution in [2.24, 2.45) is 0 Å².